The smallest absolute Gasteiger partial charge is 0.318 e. The summed E-state index contributed by atoms with van der Waals surface area (Å²) in [5, 5.41) is 3.03. The van der Waals surface area contributed by atoms with Crippen LogP contribution in [0.2, 0.25) is 5.02 Å². The second-order valence-corrected chi connectivity index (χ2v) is 11.9. The Bertz CT molecular complexity index is 1550. The van der Waals surface area contributed by atoms with Crippen LogP contribution >= 0.6 is 11.6 Å². The van der Waals surface area contributed by atoms with Crippen LogP contribution in [0.25, 0.3) is 10.8 Å². The fourth-order valence-corrected chi connectivity index (χ4v) is 6.92. The molecule has 2 aromatic carbocycles. The first-order valence-electron chi connectivity index (χ1n) is 14.4. The van der Waals surface area contributed by atoms with E-state index in [0.717, 1.165) is 71.9 Å². The van der Waals surface area contributed by atoms with Crippen LogP contribution in [0.5, 0.6) is 6.01 Å². The average molecular weight is 555 g/mol. The van der Waals surface area contributed by atoms with Gasteiger partial charge in [0.15, 0.2) is 0 Å². The Kier molecular flexibility index (Phi) is 6.72. The molecule has 0 N–H and O–H groups in total. The van der Waals surface area contributed by atoms with E-state index in [0.29, 0.717) is 31.2 Å². The van der Waals surface area contributed by atoms with E-state index in [9.17, 15) is 0 Å². The van der Waals surface area contributed by atoms with Crippen molar-refractivity contribution in [1.82, 2.24) is 19.9 Å². The number of rotatable bonds is 5. The summed E-state index contributed by atoms with van der Waals surface area (Å²) in [6, 6.07) is 15.9. The van der Waals surface area contributed by atoms with Crippen LogP contribution in [-0.4, -0.2) is 58.7 Å². The van der Waals surface area contributed by atoms with E-state index in [4.69, 9.17) is 26.3 Å². The summed E-state index contributed by atoms with van der Waals surface area (Å²) in [6.45, 7) is 6.40. The van der Waals surface area contributed by atoms with Gasteiger partial charge in [-0.3, -0.25) is 4.98 Å². The molecule has 40 heavy (non-hydrogen) atoms. The lowest BCUT2D eigenvalue weighted by atomic mass is 9.95. The molecule has 2 atom stereocenters. The first-order valence-corrected chi connectivity index (χ1v) is 14.8. The zero-order valence-corrected chi connectivity index (χ0v) is 23.9. The number of anilines is 2. The van der Waals surface area contributed by atoms with Crippen molar-refractivity contribution in [2.24, 2.45) is 0 Å². The van der Waals surface area contributed by atoms with Gasteiger partial charge in [-0.15, -0.1) is 0 Å². The predicted molar refractivity (Wildman–Crippen MR) is 160 cm³/mol. The normalized spacial score (nSPS) is 21.0. The van der Waals surface area contributed by atoms with Crippen LogP contribution in [0, 0.1) is 0 Å². The van der Waals surface area contributed by atoms with Crippen LogP contribution in [0.4, 0.5) is 11.5 Å². The van der Waals surface area contributed by atoms with Gasteiger partial charge in [-0.1, -0.05) is 35.9 Å². The highest BCUT2D eigenvalue weighted by atomic mass is 35.5. The third kappa shape index (κ3) is 4.65. The van der Waals surface area contributed by atoms with Crippen LogP contribution in [0.1, 0.15) is 42.1 Å². The summed E-state index contributed by atoms with van der Waals surface area (Å²) in [5.74, 6) is 1.02. The highest BCUT2D eigenvalue weighted by molar-refractivity contribution is 6.36. The summed E-state index contributed by atoms with van der Waals surface area (Å²) < 4.78 is 6.35. The van der Waals surface area contributed by atoms with Gasteiger partial charge in [0.05, 0.1) is 17.3 Å². The zero-order chi connectivity index (χ0) is 27.2. The van der Waals surface area contributed by atoms with Gasteiger partial charge in [-0.2, -0.15) is 9.97 Å². The highest BCUT2D eigenvalue weighted by Gasteiger charge is 2.31. The van der Waals surface area contributed by atoms with Gasteiger partial charge < -0.3 is 19.4 Å². The molecule has 0 aliphatic carbocycles. The second kappa shape index (κ2) is 10.5. The number of likely N-dealkylation sites (N-methyl/N-ethyl adjacent to an activating group) is 1. The van der Waals surface area contributed by atoms with E-state index < -0.39 is 0 Å². The molecule has 206 valence electrons. The average Bonchev–Trinajstić information content (AvgIpc) is 3.39. The molecular formula is C32H35ClN6O. The van der Waals surface area contributed by atoms with Crippen molar-refractivity contribution in [3.05, 3.63) is 82.3 Å². The molecule has 2 aromatic heterocycles. The molecule has 0 spiro atoms. The molecule has 8 heteroatoms. The number of nitrogens with zero attached hydrogens (tertiary/aromatic N) is 6. The third-order valence-electron chi connectivity index (χ3n) is 8.94. The van der Waals surface area contributed by atoms with Crippen LogP contribution < -0.4 is 14.5 Å². The van der Waals surface area contributed by atoms with Gasteiger partial charge in [0.25, 0.3) is 0 Å². The molecule has 7 rings (SSSR count). The summed E-state index contributed by atoms with van der Waals surface area (Å²) in [5.41, 5.74) is 6.07. The lowest BCUT2D eigenvalue weighted by molar-refractivity contribution is 0.187. The quantitative estimate of drug-likeness (QED) is 0.315. The first-order chi connectivity index (χ1) is 19.5. The molecule has 1 saturated heterocycles. The third-order valence-corrected chi connectivity index (χ3v) is 9.25. The number of fused-ring (bicyclic) bond motifs is 3. The lowest BCUT2D eigenvalue weighted by Gasteiger charge is -2.39. The SMILES string of the molecule is CC1Cc2cnccc2CN1c1nc(OC[C@@H]2CCCN2C)nc2c1CCN(c1cccc3cccc(Cl)c13)C2. The topological polar surface area (TPSA) is 57.6 Å². The van der Waals surface area contributed by atoms with E-state index in [1.807, 2.05) is 24.5 Å². The second-order valence-electron chi connectivity index (χ2n) is 11.5. The number of pyridine rings is 1. The van der Waals surface area contributed by atoms with Crippen molar-refractivity contribution in [2.45, 2.75) is 57.8 Å². The number of likely N-dealkylation sites (tertiary alicyclic amines) is 1. The molecule has 0 amide bonds. The van der Waals surface area contributed by atoms with E-state index in [-0.39, 0.29) is 0 Å². The van der Waals surface area contributed by atoms with E-state index in [2.05, 4.69) is 64.0 Å². The van der Waals surface area contributed by atoms with Crippen molar-refractivity contribution in [1.29, 1.82) is 0 Å². The molecular weight excluding hydrogens is 520 g/mol. The standard InChI is InChI=1S/C32H35ClN6O/c1-21-16-24-17-34-13-11-23(24)18-39(21)31-26-12-15-38(29-10-4-7-22-6-3-9-27(33)30(22)29)19-28(26)35-32(36-31)40-20-25-8-5-14-37(25)2/h3-4,6-7,9-11,13,17,21,25H,5,8,12,14-16,18-20H2,1-2H3/t21?,25-/m0/s1. The van der Waals surface area contributed by atoms with E-state index >= 15 is 0 Å². The monoisotopic (exact) mass is 554 g/mol. The van der Waals surface area contributed by atoms with Crippen molar-refractivity contribution >= 4 is 33.9 Å². The molecule has 1 unspecified atom stereocenters. The molecule has 3 aliphatic rings. The molecule has 0 radical (unpaired) electrons. The maximum Gasteiger partial charge on any atom is 0.318 e. The largest absolute Gasteiger partial charge is 0.462 e. The predicted octanol–water partition coefficient (Wildman–Crippen LogP) is 5.67. The molecule has 0 bridgehead atoms. The van der Waals surface area contributed by atoms with Gasteiger partial charge >= 0.3 is 6.01 Å². The van der Waals surface area contributed by atoms with E-state index in [1.54, 1.807) is 0 Å². The Hall–Kier alpha value is -3.42. The Labute approximate surface area is 240 Å². The highest BCUT2D eigenvalue weighted by Crippen LogP contribution is 2.38. The van der Waals surface area contributed by atoms with Crippen molar-refractivity contribution in [2.75, 3.05) is 36.5 Å². The van der Waals surface area contributed by atoms with Crippen molar-refractivity contribution in [3.8, 4) is 6.01 Å². The van der Waals surface area contributed by atoms with Gasteiger partial charge in [0, 0.05) is 54.2 Å². The zero-order valence-electron chi connectivity index (χ0n) is 23.2. The van der Waals surface area contributed by atoms with Gasteiger partial charge in [-0.25, -0.2) is 0 Å². The minimum atomic E-state index is 0.305. The van der Waals surface area contributed by atoms with Crippen LogP contribution in [-0.2, 0) is 25.9 Å². The molecule has 5 heterocycles. The van der Waals surface area contributed by atoms with Gasteiger partial charge in [0.1, 0.15) is 12.4 Å². The number of ether oxygens (including phenoxy) is 1. The molecule has 7 nitrogen and oxygen atoms in total. The Morgan fingerprint density at radius 3 is 2.75 bits per heavy atom. The van der Waals surface area contributed by atoms with Crippen molar-refractivity contribution in [3.63, 3.8) is 0 Å². The summed E-state index contributed by atoms with van der Waals surface area (Å²) >= 11 is 6.72. The minimum absolute atomic E-state index is 0.305. The molecule has 4 aromatic rings. The fourth-order valence-electron chi connectivity index (χ4n) is 6.64. The molecule has 3 aliphatic heterocycles. The van der Waals surface area contributed by atoms with Crippen molar-refractivity contribution < 1.29 is 4.74 Å². The Morgan fingerprint density at radius 2 is 1.90 bits per heavy atom. The van der Waals surface area contributed by atoms with Gasteiger partial charge in [0.2, 0.25) is 0 Å². The number of hydrogen-bond donors (Lipinski definition) is 0. The maximum absolute atomic E-state index is 6.72. The van der Waals surface area contributed by atoms with Gasteiger partial charge in [-0.05, 0) is 80.9 Å². The minimum Gasteiger partial charge on any atom is -0.462 e. The number of hydrogen-bond acceptors (Lipinski definition) is 7. The fraction of sp³-hybridized carbons (Fsp3) is 0.406. The summed E-state index contributed by atoms with van der Waals surface area (Å²) in [7, 11) is 2.18. The first kappa shape index (κ1) is 25.5. The Balaban J connectivity index is 1.26. The molecule has 0 saturated carbocycles. The Morgan fingerprint density at radius 1 is 1.02 bits per heavy atom. The van der Waals surface area contributed by atoms with E-state index in [1.165, 1.54) is 23.1 Å². The number of aromatic nitrogens is 3. The number of benzene rings is 2. The lowest BCUT2D eigenvalue weighted by Crippen LogP contribution is -2.41. The summed E-state index contributed by atoms with van der Waals surface area (Å²) in [6.07, 6.45) is 8.08. The number of halogens is 1. The van der Waals surface area contributed by atoms with Crippen LogP contribution in [0.3, 0.4) is 0 Å². The molecule has 1 fully saturated rings. The summed E-state index contributed by atoms with van der Waals surface area (Å²) in [4.78, 5) is 21.7. The van der Waals surface area contributed by atoms with Crippen LogP contribution in [0.15, 0.2) is 54.9 Å². The maximum atomic E-state index is 6.72.